The van der Waals surface area contributed by atoms with E-state index >= 15 is 0 Å². The van der Waals surface area contributed by atoms with Crippen molar-refractivity contribution in [1.29, 1.82) is 0 Å². The summed E-state index contributed by atoms with van der Waals surface area (Å²) in [5.41, 5.74) is 2.32. The van der Waals surface area contributed by atoms with Crippen LogP contribution in [0, 0.1) is 13.8 Å². The zero-order chi connectivity index (χ0) is 22.1. The van der Waals surface area contributed by atoms with Gasteiger partial charge in [-0.2, -0.15) is 15.0 Å². The van der Waals surface area contributed by atoms with Gasteiger partial charge in [-0.05, 0) is 42.8 Å². The van der Waals surface area contributed by atoms with Gasteiger partial charge in [0.05, 0.1) is 22.6 Å². The van der Waals surface area contributed by atoms with Crippen molar-refractivity contribution in [2.45, 2.75) is 20.4 Å². The molecular formula is C18H17ClN10O2. The Balaban J connectivity index is 1.57. The zero-order valence-electron chi connectivity index (χ0n) is 16.8. The van der Waals surface area contributed by atoms with Crippen molar-refractivity contribution in [1.82, 2.24) is 44.8 Å². The summed E-state index contributed by atoms with van der Waals surface area (Å²) in [4.78, 5) is 30.1. The van der Waals surface area contributed by atoms with E-state index in [1.807, 2.05) is 0 Å². The third-order valence-electron chi connectivity index (χ3n) is 4.59. The lowest BCUT2D eigenvalue weighted by atomic mass is 10.1. The molecule has 3 heterocycles. The predicted molar refractivity (Wildman–Crippen MR) is 111 cm³/mol. The van der Waals surface area contributed by atoms with Crippen LogP contribution >= 0.6 is 11.6 Å². The number of aromatic nitrogens is 9. The lowest BCUT2D eigenvalue weighted by Crippen LogP contribution is -2.24. The van der Waals surface area contributed by atoms with Crippen LogP contribution in [0.15, 0.2) is 35.6 Å². The number of carbonyl (C=O) groups is 1. The minimum Gasteiger partial charge on any atom is -0.322 e. The molecule has 0 saturated heterocycles. The molecule has 12 nitrogen and oxygen atoms in total. The topological polar surface area (TPSA) is 138 Å². The molecule has 0 bridgehead atoms. The largest absolute Gasteiger partial charge is 0.322 e. The van der Waals surface area contributed by atoms with Gasteiger partial charge in [0, 0.05) is 12.1 Å². The number of benzene rings is 1. The average molecular weight is 441 g/mol. The number of tetrazole rings is 1. The van der Waals surface area contributed by atoms with Gasteiger partial charge in [-0.1, -0.05) is 11.6 Å². The number of carbonyl (C=O) groups excluding carboxylic acids is 1. The van der Waals surface area contributed by atoms with Crippen LogP contribution < -0.4 is 10.9 Å². The van der Waals surface area contributed by atoms with E-state index in [1.54, 1.807) is 39.1 Å². The molecule has 0 aliphatic carbocycles. The van der Waals surface area contributed by atoms with Gasteiger partial charge in [-0.3, -0.25) is 9.59 Å². The van der Waals surface area contributed by atoms with Crippen molar-refractivity contribution in [2.75, 3.05) is 5.32 Å². The molecule has 158 valence electrons. The Kier molecular flexibility index (Phi) is 5.29. The quantitative estimate of drug-likeness (QED) is 0.483. The van der Waals surface area contributed by atoms with Crippen molar-refractivity contribution in [3.8, 4) is 17.1 Å². The molecular weight excluding hydrogens is 424 g/mol. The minimum atomic E-state index is -0.414. The summed E-state index contributed by atoms with van der Waals surface area (Å²) >= 11 is 6.07. The fourth-order valence-electron chi connectivity index (χ4n) is 2.98. The first-order valence-electron chi connectivity index (χ1n) is 9.10. The predicted octanol–water partition coefficient (Wildman–Crippen LogP) is 0.923. The van der Waals surface area contributed by atoms with Gasteiger partial charge in [-0.25, -0.2) is 14.3 Å². The zero-order valence-corrected chi connectivity index (χ0v) is 17.6. The molecule has 0 aliphatic rings. The number of nitrogens with one attached hydrogen (secondary N) is 1. The SMILES string of the molecule is Cc1nn(C)c(=O)c(-c2nnn(CC(=O)Nc3cc(Cl)ccc3-n3cncn3)n2)c1C. The Morgan fingerprint density at radius 3 is 2.77 bits per heavy atom. The molecule has 0 radical (unpaired) electrons. The fraction of sp³-hybridized carbons (Fsp3) is 0.222. The smallest absolute Gasteiger partial charge is 0.278 e. The Hall–Kier alpha value is -3.93. The van der Waals surface area contributed by atoms with Crippen LogP contribution in [0.2, 0.25) is 5.02 Å². The second-order valence-corrected chi connectivity index (χ2v) is 7.14. The van der Waals surface area contributed by atoms with Crippen LogP contribution in [-0.4, -0.2) is 50.7 Å². The van der Waals surface area contributed by atoms with E-state index in [2.05, 4.69) is 35.9 Å². The van der Waals surface area contributed by atoms with Crippen molar-refractivity contribution in [3.63, 3.8) is 0 Å². The summed E-state index contributed by atoms with van der Waals surface area (Å²) in [5, 5.41) is 23.4. The van der Waals surface area contributed by atoms with Gasteiger partial charge >= 0.3 is 0 Å². The number of amides is 1. The summed E-state index contributed by atoms with van der Waals surface area (Å²) < 4.78 is 2.72. The molecule has 0 atom stereocenters. The Bertz CT molecular complexity index is 1330. The number of aryl methyl sites for hydroxylation is 2. The number of hydrogen-bond donors (Lipinski definition) is 1. The fourth-order valence-corrected chi connectivity index (χ4v) is 3.15. The molecule has 1 amide bonds. The molecule has 0 spiro atoms. The van der Waals surface area contributed by atoms with Gasteiger partial charge in [0.2, 0.25) is 11.7 Å². The summed E-state index contributed by atoms with van der Waals surface area (Å²) in [6, 6.07) is 4.99. The summed E-state index contributed by atoms with van der Waals surface area (Å²) in [6.45, 7) is 3.32. The van der Waals surface area contributed by atoms with Gasteiger partial charge in [0.15, 0.2) is 0 Å². The van der Waals surface area contributed by atoms with Gasteiger partial charge in [0.1, 0.15) is 19.2 Å². The highest BCUT2D eigenvalue weighted by Crippen LogP contribution is 2.24. The van der Waals surface area contributed by atoms with Crippen LogP contribution in [0.5, 0.6) is 0 Å². The standard InChI is InChI=1S/C18H17ClN10O2/c1-10-11(2)24-27(3)18(31)16(10)17-23-26-29(25-17)7-15(30)22-13-6-12(19)4-5-14(13)28-9-20-8-21-28/h4-6,8-9H,7H2,1-3H3,(H,22,30). The Morgan fingerprint density at radius 2 is 2.03 bits per heavy atom. The van der Waals surface area contributed by atoms with Gasteiger partial charge in [0.25, 0.3) is 5.56 Å². The van der Waals surface area contributed by atoms with E-state index in [0.717, 1.165) is 4.80 Å². The van der Waals surface area contributed by atoms with E-state index in [9.17, 15) is 9.59 Å². The van der Waals surface area contributed by atoms with Crippen molar-refractivity contribution < 1.29 is 4.79 Å². The lowest BCUT2D eigenvalue weighted by Gasteiger charge is -2.11. The molecule has 0 fully saturated rings. The third kappa shape index (κ3) is 4.05. The second-order valence-electron chi connectivity index (χ2n) is 6.71. The van der Waals surface area contributed by atoms with Crippen LogP contribution in [0.25, 0.3) is 17.1 Å². The van der Waals surface area contributed by atoms with Crippen molar-refractivity contribution >= 4 is 23.2 Å². The molecule has 4 rings (SSSR count). The van der Waals surface area contributed by atoms with Gasteiger partial charge < -0.3 is 5.32 Å². The molecule has 31 heavy (non-hydrogen) atoms. The maximum Gasteiger partial charge on any atom is 0.278 e. The number of rotatable bonds is 5. The molecule has 1 aromatic carbocycles. The van der Waals surface area contributed by atoms with E-state index in [0.29, 0.717) is 33.2 Å². The molecule has 1 N–H and O–H groups in total. The van der Waals surface area contributed by atoms with Gasteiger partial charge in [-0.15, -0.1) is 10.2 Å². The lowest BCUT2D eigenvalue weighted by molar-refractivity contribution is -0.117. The highest BCUT2D eigenvalue weighted by Gasteiger charge is 2.18. The first kappa shape index (κ1) is 20.3. The molecule has 0 aliphatic heterocycles. The maximum atomic E-state index is 12.6. The number of anilines is 1. The molecule has 4 aromatic rings. The molecule has 3 aromatic heterocycles. The number of halogens is 1. The molecule has 0 unspecified atom stereocenters. The first-order chi connectivity index (χ1) is 14.8. The van der Waals surface area contributed by atoms with E-state index in [1.165, 1.54) is 22.0 Å². The minimum absolute atomic E-state index is 0.127. The number of nitrogens with zero attached hydrogens (tertiary/aromatic N) is 9. The van der Waals surface area contributed by atoms with E-state index in [4.69, 9.17) is 11.6 Å². The molecule has 13 heteroatoms. The van der Waals surface area contributed by atoms with E-state index in [-0.39, 0.29) is 17.9 Å². The van der Waals surface area contributed by atoms with Crippen LogP contribution in [0.4, 0.5) is 5.69 Å². The van der Waals surface area contributed by atoms with Crippen molar-refractivity contribution in [2.24, 2.45) is 7.05 Å². The second kappa shape index (κ2) is 8.07. The average Bonchev–Trinajstić information content (AvgIpc) is 3.39. The van der Waals surface area contributed by atoms with Crippen molar-refractivity contribution in [3.05, 3.63) is 57.5 Å². The summed E-state index contributed by atoms with van der Waals surface area (Å²) in [6.07, 6.45) is 2.89. The Labute approximate surface area is 180 Å². The van der Waals surface area contributed by atoms with Crippen LogP contribution in [-0.2, 0) is 18.4 Å². The maximum absolute atomic E-state index is 12.6. The van der Waals surface area contributed by atoms with Crippen LogP contribution in [0.1, 0.15) is 11.3 Å². The summed E-state index contributed by atoms with van der Waals surface area (Å²) in [5.74, 6) is -0.287. The normalized spacial score (nSPS) is 11.0. The first-order valence-corrected chi connectivity index (χ1v) is 9.48. The molecule has 0 saturated carbocycles. The third-order valence-corrected chi connectivity index (χ3v) is 4.82. The Morgan fingerprint density at radius 1 is 1.23 bits per heavy atom. The number of hydrogen-bond acceptors (Lipinski definition) is 8. The van der Waals surface area contributed by atoms with E-state index < -0.39 is 5.91 Å². The monoisotopic (exact) mass is 440 g/mol. The highest BCUT2D eigenvalue weighted by atomic mass is 35.5. The summed E-state index contributed by atoms with van der Waals surface area (Å²) in [7, 11) is 1.55. The van der Waals surface area contributed by atoms with Crippen LogP contribution in [0.3, 0.4) is 0 Å². The highest BCUT2D eigenvalue weighted by molar-refractivity contribution is 6.31.